The number of pyridine rings is 1. The average Bonchev–Trinajstić information content (AvgIpc) is 2.35. The van der Waals surface area contributed by atoms with Gasteiger partial charge in [-0.25, -0.2) is 4.98 Å². The molecule has 0 fully saturated rings. The normalized spacial score (nSPS) is 11.3. The number of hydrogen-bond donors (Lipinski definition) is 1. The molecule has 0 aliphatic heterocycles. The first-order chi connectivity index (χ1) is 9.78. The molecule has 0 saturated carbocycles. The minimum absolute atomic E-state index is 0.0797. The van der Waals surface area contributed by atoms with Crippen LogP contribution in [0.2, 0.25) is 0 Å². The molecule has 0 saturated heterocycles. The summed E-state index contributed by atoms with van der Waals surface area (Å²) < 4.78 is 0. The summed E-state index contributed by atoms with van der Waals surface area (Å²) in [5.74, 6) is 3.79. The fraction of sp³-hybridized carbons (Fsp3) is 0.611. The topological polar surface area (TPSA) is 28.2 Å². The maximum atomic E-state index is 5.53. The molecule has 1 rings (SSSR count). The molecule has 3 nitrogen and oxygen atoms in total. The molecule has 1 heterocycles. The average molecular weight is 287 g/mol. The van der Waals surface area contributed by atoms with Crippen LogP contribution in [-0.2, 0) is 6.54 Å². The van der Waals surface area contributed by atoms with E-state index in [1.807, 2.05) is 6.92 Å². The third-order valence-corrected chi connectivity index (χ3v) is 3.32. The smallest absolute Gasteiger partial charge is 0.134 e. The van der Waals surface area contributed by atoms with Crippen molar-refractivity contribution in [1.29, 1.82) is 0 Å². The van der Waals surface area contributed by atoms with Gasteiger partial charge < -0.3 is 10.2 Å². The largest absolute Gasteiger partial charge is 0.345 e. The lowest BCUT2D eigenvalue weighted by Gasteiger charge is -2.27. The summed E-state index contributed by atoms with van der Waals surface area (Å²) >= 11 is 0. The maximum Gasteiger partial charge on any atom is 0.134 e. The highest BCUT2D eigenvalue weighted by Crippen LogP contribution is 2.23. The molecule has 1 aromatic rings. The van der Waals surface area contributed by atoms with Gasteiger partial charge in [-0.3, -0.25) is 0 Å². The predicted molar refractivity (Wildman–Crippen MR) is 91.6 cm³/mol. The van der Waals surface area contributed by atoms with Crippen molar-refractivity contribution < 1.29 is 0 Å². The first-order valence-corrected chi connectivity index (χ1v) is 7.69. The van der Waals surface area contributed by atoms with Crippen molar-refractivity contribution in [2.24, 2.45) is 0 Å². The van der Waals surface area contributed by atoms with Gasteiger partial charge in [0.15, 0.2) is 0 Å². The van der Waals surface area contributed by atoms with Gasteiger partial charge in [-0.15, -0.1) is 6.42 Å². The number of aryl methyl sites for hydroxylation is 2. The molecule has 1 aromatic heterocycles. The van der Waals surface area contributed by atoms with Crippen LogP contribution in [-0.4, -0.2) is 23.6 Å². The number of anilines is 1. The molecule has 1 N–H and O–H groups in total. The highest BCUT2D eigenvalue weighted by molar-refractivity contribution is 5.52. The number of aromatic nitrogens is 1. The Kier molecular flexibility index (Phi) is 6.23. The van der Waals surface area contributed by atoms with Crippen LogP contribution in [0.15, 0.2) is 6.07 Å². The summed E-state index contributed by atoms with van der Waals surface area (Å²) in [7, 11) is 0. The van der Waals surface area contributed by atoms with Gasteiger partial charge in [-0.05, 0) is 52.7 Å². The summed E-state index contributed by atoms with van der Waals surface area (Å²) in [5, 5.41) is 3.56. The van der Waals surface area contributed by atoms with Gasteiger partial charge in [0.1, 0.15) is 5.82 Å². The van der Waals surface area contributed by atoms with Crippen LogP contribution in [0.4, 0.5) is 5.82 Å². The summed E-state index contributed by atoms with van der Waals surface area (Å²) in [6, 6.07) is 2.14. The van der Waals surface area contributed by atoms with Crippen molar-refractivity contribution in [3.05, 3.63) is 22.9 Å². The third-order valence-electron chi connectivity index (χ3n) is 3.32. The SMILES string of the molecule is C#CCN(CCC)c1nc(C)cc(C)c1CNC(C)(C)C. The maximum absolute atomic E-state index is 5.53. The van der Waals surface area contributed by atoms with Crippen LogP contribution in [0, 0.1) is 26.2 Å². The summed E-state index contributed by atoms with van der Waals surface area (Å²) in [5.41, 5.74) is 3.64. The van der Waals surface area contributed by atoms with Gasteiger partial charge in [-0.2, -0.15) is 0 Å². The molecular formula is C18H29N3. The van der Waals surface area contributed by atoms with E-state index < -0.39 is 0 Å². The van der Waals surface area contributed by atoms with Gasteiger partial charge in [0.25, 0.3) is 0 Å². The molecule has 116 valence electrons. The Morgan fingerprint density at radius 2 is 2.00 bits per heavy atom. The number of hydrogen-bond acceptors (Lipinski definition) is 3. The van der Waals surface area contributed by atoms with Gasteiger partial charge in [0, 0.05) is 29.9 Å². The van der Waals surface area contributed by atoms with Gasteiger partial charge in [0.2, 0.25) is 0 Å². The van der Waals surface area contributed by atoms with E-state index in [2.05, 4.69) is 56.8 Å². The van der Waals surface area contributed by atoms with Crippen molar-refractivity contribution in [1.82, 2.24) is 10.3 Å². The Balaban J connectivity index is 3.18. The molecule has 0 bridgehead atoms. The van der Waals surface area contributed by atoms with E-state index in [0.29, 0.717) is 6.54 Å². The Hall–Kier alpha value is -1.53. The fourth-order valence-corrected chi connectivity index (χ4v) is 2.32. The summed E-state index contributed by atoms with van der Waals surface area (Å²) in [4.78, 5) is 6.97. The molecule has 3 heteroatoms. The van der Waals surface area contributed by atoms with E-state index in [1.54, 1.807) is 0 Å². The molecule has 21 heavy (non-hydrogen) atoms. The minimum Gasteiger partial charge on any atom is -0.345 e. The highest BCUT2D eigenvalue weighted by Gasteiger charge is 2.17. The lowest BCUT2D eigenvalue weighted by molar-refractivity contribution is 0.423. The van der Waals surface area contributed by atoms with E-state index in [-0.39, 0.29) is 5.54 Å². The minimum atomic E-state index is 0.0797. The summed E-state index contributed by atoms with van der Waals surface area (Å²) in [6.45, 7) is 15.2. The van der Waals surface area contributed by atoms with Gasteiger partial charge in [0.05, 0.1) is 6.54 Å². The zero-order valence-corrected chi connectivity index (χ0v) is 14.4. The van der Waals surface area contributed by atoms with Crippen molar-refractivity contribution in [2.75, 3.05) is 18.0 Å². The lowest BCUT2D eigenvalue weighted by atomic mass is 10.0. The van der Waals surface area contributed by atoms with E-state index in [0.717, 1.165) is 31.0 Å². The lowest BCUT2D eigenvalue weighted by Crippen LogP contribution is -2.36. The van der Waals surface area contributed by atoms with Gasteiger partial charge in [-0.1, -0.05) is 12.8 Å². The molecule has 0 aliphatic carbocycles. The van der Waals surface area contributed by atoms with E-state index in [9.17, 15) is 0 Å². The Bertz CT molecular complexity index is 506. The Labute approximate surface area is 130 Å². The number of nitrogens with zero attached hydrogens (tertiary/aromatic N) is 2. The first-order valence-electron chi connectivity index (χ1n) is 7.69. The van der Waals surface area contributed by atoms with Crippen molar-refractivity contribution in [3.8, 4) is 12.3 Å². The molecule has 0 atom stereocenters. The molecular weight excluding hydrogens is 258 g/mol. The molecule has 0 aromatic carbocycles. The zero-order valence-electron chi connectivity index (χ0n) is 14.4. The molecule has 0 spiro atoms. The van der Waals surface area contributed by atoms with E-state index >= 15 is 0 Å². The Morgan fingerprint density at radius 3 is 2.52 bits per heavy atom. The highest BCUT2D eigenvalue weighted by atomic mass is 15.2. The van der Waals surface area contributed by atoms with E-state index in [1.165, 1.54) is 11.1 Å². The zero-order chi connectivity index (χ0) is 16.0. The molecule has 0 amide bonds. The van der Waals surface area contributed by atoms with Crippen molar-refractivity contribution >= 4 is 5.82 Å². The second kappa shape index (κ2) is 7.47. The first kappa shape index (κ1) is 17.5. The number of terminal acetylenes is 1. The molecule has 0 unspecified atom stereocenters. The molecule has 0 radical (unpaired) electrons. The van der Waals surface area contributed by atoms with Gasteiger partial charge >= 0.3 is 0 Å². The number of rotatable bonds is 6. The van der Waals surface area contributed by atoms with Crippen LogP contribution in [0.3, 0.4) is 0 Å². The fourth-order valence-electron chi connectivity index (χ4n) is 2.32. The van der Waals surface area contributed by atoms with Crippen molar-refractivity contribution in [2.45, 2.75) is 60.0 Å². The van der Waals surface area contributed by atoms with Crippen LogP contribution in [0.25, 0.3) is 0 Å². The van der Waals surface area contributed by atoms with E-state index in [4.69, 9.17) is 11.4 Å². The van der Waals surface area contributed by atoms with Crippen LogP contribution in [0.5, 0.6) is 0 Å². The summed E-state index contributed by atoms with van der Waals surface area (Å²) in [6.07, 6.45) is 6.59. The quantitative estimate of drug-likeness (QED) is 0.812. The standard InChI is InChI=1S/C18H29N3/c1-8-10-21(11-9-2)17-16(13-19-18(5,6)7)14(3)12-15(4)20-17/h1,12,19H,9-11,13H2,2-7H3. The second-order valence-corrected chi connectivity index (χ2v) is 6.61. The number of nitrogens with one attached hydrogen (secondary N) is 1. The van der Waals surface area contributed by atoms with Crippen molar-refractivity contribution in [3.63, 3.8) is 0 Å². The van der Waals surface area contributed by atoms with Crippen LogP contribution in [0.1, 0.15) is 50.9 Å². The monoisotopic (exact) mass is 287 g/mol. The second-order valence-electron chi connectivity index (χ2n) is 6.61. The third kappa shape index (κ3) is 5.40. The Morgan fingerprint density at radius 1 is 1.33 bits per heavy atom. The van der Waals surface area contributed by atoms with Crippen LogP contribution < -0.4 is 10.2 Å². The van der Waals surface area contributed by atoms with Crippen LogP contribution >= 0.6 is 0 Å². The molecule has 0 aliphatic rings. The predicted octanol–water partition coefficient (Wildman–Crippen LogP) is 3.44.